The zero-order chi connectivity index (χ0) is 13.8. The standard InChI is InChI=1S/C13H20N4O2/c1-9-4-6-17(8-11(9)19-2)13(18)10-3-5-15-12(7-10)16-14/h3,5,7,9,11H,4,6,8,14H2,1-2H3,(H,15,16). The average molecular weight is 264 g/mol. The van der Waals surface area contributed by atoms with E-state index in [1.165, 1.54) is 0 Å². The van der Waals surface area contributed by atoms with E-state index in [1.54, 1.807) is 25.4 Å². The molecule has 0 aromatic carbocycles. The second-order valence-corrected chi connectivity index (χ2v) is 4.87. The number of hydrogen-bond acceptors (Lipinski definition) is 5. The molecule has 3 N–H and O–H groups in total. The van der Waals surface area contributed by atoms with Crippen LogP contribution >= 0.6 is 0 Å². The van der Waals surface area contributed by atoms with Gasteiger partial charge in [-0.05, 0) is 24.5 Å². The van der Waals surface area contributed by atoms with Gasteiger partial charge in [0.2, 0.25) is 0 Å². The Balaban J connectivity index is 2.10. The second kappa shape index (κ2) is 5.99. The summed E-state index contributed by atoms with van der Waals surface area (Å²) >= 11 is 0. The van der Waals surface area contributed by atoms with Crippen molar-refractivity contribution in [3.8, 4) is 0 Å². The number of nitrogen functional groups attached to an aromatic ring is 1. The number of carbonyl (C=O) groups excluding carboxylic acids is 1. The Morgan fingerprint density at radius 2 is 2.42 bits per heavy atom. The minimum Gasteiger partial charge on any atom is -0.379 e. The zero-order valence-corrected chi connectivity index (χ0v) is 11.3. The van der Waals surface area contributed by atoms with Crippen LogP contribution in [0.15, 0.2) is 18.3 Å². The molecule has 1 amide bonds. The summed E-state index contributed by atoms with van der Waals surface area (Å²) in [5, 5.41) is 0. The number of carbonyl (C=O) groups is 1. The number of aromatic nitrogens is 1. The van der Waals surface area contributed by atoms with Crippen molar-refractivity contribution in [2.24, 2.45) is 11.8 Å². The number of amides is 1. The van der Waals surface area contributed by atoms with Gasteiger partial charge in [-0.3, -0.25) is 4.79 Å². The number of pyridine rings is 1. The third-order valence-corrected chi connectivity index (χ3v) is 3.63. The topological polar surface area (TPSA) is 80.5 Å². The molecule has 1 aromatic rings. The lowest BCUT2D eigenvalue weighted by Crippen LogP contribution is -2.46. The Bertz CT molecular complexity index is 452. The lowest BCUT2D eigenvalue weighted by atomic mass is 9.95. The van der Waals surface area contributed by atoms with E-state index in [9.17, 15) is 4.79 Å². The Morgan fingerprint density at radius 1 is 1.63 bits per heavy atom. The smallest absolute Gasteiger partial charge is 0.254 e. The van der Waals surface area contributed by atoms with Gasteiger partial charge in [-0.15, -0.1) is 0 Å². The molecule has 0 saturated carbocycles. The van der Waals surface area contributed by atoms with Crippen LogP contribution in [0.4, 0.5) is 5.82 Å². The number of nitrogens with two attached hydrogens (primary N) is 1. The van der Waals surface area contributed by atoms with E-state index >= 15 is 0 Å². The molecule has 0 spiro atoms. The van der Waals surface area contributed by atoms with Crippen LogP contribution in [0.25, 0.3) is 0 Å². The van der Waals surface area contributed by atoms with Crippen LogP contribution in [0.2, 0.25) is 0 Å². The van der Waals surface area contributed by atoms with Gasteiger partial charge in [0.15, 0.2) is 0 Å². The quantitative estimate of drug-likeness (QED) is 0.625. The predicted octanol–water partition coefficient (Wildman–Crippen LogP) is 0.864. The van der Waals surface area contributed by atoms with Gasteiger partial charge < -0.3 is 15.1 Å². The number of hydrogen-bond donors (Lipinski definition) is 2. The van der Waals surface area contributed by atoms with Crippen molar-refractivity contribution in [2.75, 3.05) is 25.6 Å². The van der Waals surface area contributed by atoms with Crippen LogP contribution in [-0.4, -0.2) is 42.1 Å². The lowest BCUT2D eigenvalue weighted by molar-refractivity contribution is -0.00156. The Kier molecular flexibility index (Phi) is 4.34. The Morgan fingerprint density at radius 3 is 3.11 bits per heavy atom. The summed E-state index contributed by atoms with van der Waals surface area (Å²) in [5.41, 5.74) is 3.04. The number of anilines is 1. The van der Waals surface area contributed by atoms with Crippen molar-refractivity contribution in [3.63, 3.8) is 0 Å². The molecule has 1 fully saturated rings. The van der Waals surface area contributed by atoms with Crippen LogP contribution in [0.1, 0.15) is 23.7 Å². The van der Waals surface area contributed by atoms with Gasteiger partial charge in [-0.25, -0.2) is 10.8 Å². The van der Waals surface area contributed by atoms with Gasteiger partial charge in [0.1, 0.15) is 5.82 Å². The molecule has 1 aromatic heterocycles. The van der Waals surface area contributed by atoms with Crippen LogP contribution < -0.4 is 11.3 Å². The third kappa shape index (κ3) is 3.02. The normalized spacial score (nSPS) is 23.2. The molecule has 0 aliphatic carbocycles. The van der Waals surface area contributed by atoms with E-state index in [0.29, 0.717) is 23.8 Å². The summed E-state index contributed by atoms with van der Waals surface area (Å²) in [6, 6.07) is 3.35. The maximum absolute atomic E-state index is 12.4. The highest BCUT2D eigenvalue weighted by Crippen LogP contribution is 2.21. The van der Waals surface area contributed by atoms with Gasteiger partial charge in [0, 0.05) is 32.0 Å². The minimum atomic E-state index is -0.00662. The molecule has 1 aliphatic heterocycles. The van der Waals surface area contributed by atoms with Crippen LogP contribution in [0, 0.1) is 5.92 Å². The number of nitrogens with one attached hydrogen (secondary N) is 1. The van der Waals surface area contributed by atoms with Gasteiger partial charge in [-0.1, -0.05) is 6.92 Å². The second-order valence-electron chi connectivity index (χ2n) is 4.87. The van der Waals surface area contributed by atoms with Crippen LogP contribution in [0.5, 0.6) is 0 Å². The monoisotopic (exact) mass is 264 g/mol. The highest BCUT2D eigenvalue weighted by Gasteiger charge is 2.29. The highest BCUT2D eigenvalue weighted by molar-refractivity contribution is 5.94. The Labute approximate surface area is 112 Å². The number of ether oxygens (including phenoxy) is 1. The number of rotatable bonds is 3. The lowest BCUT2D eigenvalue weighted by Gasteiger charge is -2.36. The minimum absolute atomic E-state index is 0.00662. The van der Waals surface area contributed by atoms with Gasteiger partial charge in [0.05, 0.1) is 6.10 Å². The first-order valence-corrected chi connectivity index (χ1v) is 6.40. The van der Waals surface area contributed by atoms with Crippen molar-refractivity contribution in [1.82, 2.24) is 9.88 Å². The summed E-state index contributed by atoms with van der Waals surface area (Å²) in [5.74, 6) is 6.26. The first-order chi connectivity index (χ1) is 9.15. The SMILES string of the molecule is COC1CN(C(=O)c2ccnc(NN)c2)CCC1C. The number of methoxy groups -OCH3 is 1. The van der Waals surface area contributed by atoms with E-state index in [1.807, 2.05) is 4.90 Å². The molecule has 2 rings (SSSR count). The molecule has 0 bridgehead atoms. The summed E-state index contributed by atoms with van der Waals surface area (Å²) in [6.07, 6.45) is 2.63. The van der Waals surface area contributed by atoms with Gasteiger partial charge in [0.25, 0.3) is 5.91 Å². The number of likely N-dealkylation sites (tertiary alicyclic amines) is 1. The largest absolute Gasteiger partial charge is 0.379 e. The summed E-state index contributed by atoms with van der Waals surface area (Å²) in [6.45, 7) is 3.54. The van der Waals surface area contributed by atoms with Crippen molar-refractivity contribution in [3.05, 3.63) is 23.9 Å². The third-order valence-electron chi connectivity index (χ3n) is 3.63. The Hall–Kier alpha value is -1.66. The van der Waals surface area contributed by atoms with Crippen molar-refractivity contribution >= 4 is 11.7 Å². The van der Waals surface area contributed by atoms with Crippen molar-refractivity contribution < 1.29 is 9.53 Å². The maximum Gasteiger partial charge on any atom is 0.254 e. The molecule has 2 unspecified atom stereocenters. The number of hydrazine groups is 1. The van der Waals surface area contributed by atoms with Crippen LogP contribution in [0.3, 0.4) is 0 Å². The van der Waals surface area contributed by atoms with Crippen molar-refractivity contribution in [2.45, 2.75) is 19.4 Å². The molecule has 6 nitrogen and oxygen atoms in total. The fraction of sp³-hybridized carbons (Fsp3) is 0.538. The molecule has 104 valence electrons. The van der Waals surface area contributed by atoms with E-state index < -0.39 is 0 Å². The molecular weight excluding hydrogens is 244 g/mol. The van der Waals surface area contributed by atoms with E-state index in [4.69, 9.17) is 10.6 Å². The van der Waals surface area contributed by atoms with Crippen LogP contribution in [-0.2, 0) is 4.74 Å². The average Bonchev–Trinajstić information content (AvgIpc) is 2.47. The first-order valence-electron chi connectivity index (χ1n) is 6.40. The highest BCUT2D eigenvalue weighted by atomic mass is 16.5. The molecule has 2 heterocycles. The number of piperidine rings is 1. The molecule has 2 atom stereocenters. The summed E-state index contributed by atoms with van der Waals surface area (Å²) in [7, 11) is 1.69. The molecule has 1 aliphatic rings. The van der Waals surface area contributed by atoms with Gasteiger partial charge in [-0.2, -0.15) is 0 Å². The fourth-order valence-electron chi connectivity index (χ4n) is 2.35. The van der Waals surface area contributed by atoms with E-state index in [2.05, 4.69) is 17.3 Å². The summed E-state index contributed by atoms with van der Waals surface area (Å²) < 4.78 is 5.43. The molecule has 6 heteroatoms. The molecular formula is C13H20N4O2. The van der Waals surface area contributed by atoms with E-state index in [-0.39, 0.29) is 12.0 Å². The maximum atomic E-state index is 12.4. The molecule has 0 radical (unpaired) electrons. The molecule has 1 saturated heterocycles. The van der Waals surface area contributed by atoms with Gasteiger partial charge >= 0.3 is 0 Å². The predicted molar refractivity (Wildman–Crippen MR) is 72.5 cm³/mol. The first kappa shape index (κ1) is 13.8. The number of nitrogens with zero attached hydrogens (tertiary/aromatic N) is 2. The summed E-state index contributed by atoms with van der Waals surface area (Å²) in [4.78, 5) is 18.2. The zero-order valence-electron chi connectivity index (χ0n) is 11.3. The molecule has 19 heavy (non-hydrogen) atoms. The van der Waals surface area contributed by atoms with Crippen molar-refractivity contribution in [1.29, 1.82) is 0 Å². The fourth-order valence-corrected chi connectivity index (χ4v) is 2.35. The van der Waals surface area contributed by atoms with E-state index in [0.717, 1.165) is 13.0 Å².